The summed E-state index contributed by atoms with van der Waals surface area (Å²) < 4.78 is 5.51. The van der Waals surface area contributed by atoms with Crippen LogP contribution in [-0.4, -0.2) is 42.9 Å². The zero-order valence-corrected chi connectivity index (χ0v) is 17.5. The molecule has 0 bridgehead atoms. The molecule has 0 aromatic heterocycles. The number of amides is 1. The van der Waals surface area contributed by atoms with Gasteiger partial charge in [-0.05, 0) is 29.1 Å². The smallest absolute Gasteiger partial charge is 0.224 e. The number of piperidine rings is 1. The first-order valence-corrected chi connectivity index (χ1v) is 9.71. The maximum absolute atomic E-state index is 12.3. The molecule has 0 aliphatic carbocycles. The van der Waals surface area contributed by atoms with E-state index in [1.807, 2.05) is 4.90 Å². The van der Waals surface area contributed by atoms with E-state index in [4.69, 9.17) is 4.74 Å². The van der Waals surface area contributed by atoms with Gasteiger partial charge >= 0.3 is 0 Å². The number of hydrogen-bond donors (Lipinski definition) is 0. The van der Waals surface area contributed by atoms with Gasteiger partial charge in [0.05, 0.1) is 19.6 Å². The molecule has 0 aromatic rings. The van der Waals surface area contributed by atoms with Crippen molar-refractivity contribution in [3.8, 4) is 0 Å². The predicted octanol–water partition coefficient (Wildman–Crippen LogP) is 4.46. The maximum Gasteiger partial charge on any atom is 0.224 e. The second-order valence-corrected chi connectivity index (χ2v) is 10.1. The summed E-state index contributed by atoms with van der Waals surface area (Å²) in [5.74, 6) is 0.410. The molecule has 1 saturated heterocycles. The van der Waals surface area contributed by atoms with E-state index in [1.54, 1.807) is 0 Å². The minimum atomic E-state index is 0.0306. The third kappa shape index (κ3) is 7.47. The highest BCUT2D eigenvalue weighted by Crippen LogP contribution is 2.46. The Balaban J connectivity index is 2.21. The van der Waals surface area contributed by atoms with E-state index in [9.17, 15) is 9.59 Å². The summed E-state index contributed by atoms with van der Waals surface area (Å²) >= 11 is 0. The summed E-state index contributed by atoms with van der Waals surface area (Å²) in [7, 11) is 0. The number of ether oxygens (including phenoxy) is 1. The fourth-order valence-electron chi connectivity index (χ4n) is 3.29. The Labute approximate surface area is 154 Å². The summed E-state index contributed by atoms with van der Waals surface area (Å²) in [4.78, 5) is 26.1. The second-order valence-electron chi connectivity index (χ2n) is 10.1. The Morgan fingerprint density at radius 3 is 1.96 bits per heavy atom. The van der Waals surface area contributed by atoms with Gasteiger partial charge < -0.3 is 9.64 Å². The zero-order valence-electron chi connectivity index (χ0n) is 17.5. The Hall–Kier alpha value is -0.900. The van der Waals surface area contributed by atoms with E-state index in [0.717, 1.165) is 25.9 Å². The minimum absolute atomic E-state index is 0.0306. The van der Waals surface area contributed by atoms with Crippen molar-refractivity contribution in [1.82, 2.24) is 4.90 Å². The summed E-state index contributed by atoms with van der Waals surface area (Å²) in [5.41, 5.74) is 0.599. The highest BCUT2D eigenvalue weighted by molar-refractivity contribution is 5.79. The summed E-state index contributed by atoms with van der Waals surface area (Å²) in [6.07, 6.45) is 3.56. The molecule has 4 nitrogen and oxygen atoms in total. The van der Waals surface area contributed by atoms with Gasteiger partial charge in [0.2, 0.25) is 5.91 Å². The van der Waals surface area contributed by atoms with E-state index in [1.165, 1.54) is 0 Å². The van der Waals surface area contributed by atoms with Crippen molar-refractivity contribution in [2.24, 2.45) is 16.2 Å². The van der Waals surface area contributed by atoms with Gasteiger partial charge in [-0.2, -0.15) is 0 Å². The Morgan fingerprint density at radius 1 is 0.960 bits per heavy atom. The van der Waals surface area contributed by atoms with Crippen LogP contribution >= 0.6 is 0 Å². The third-order valence-corrected chi connectivity index (χ3v) is 5.74. The lowest BCUT2D eigenvalue weighted by atomic mass is 9.63. The van der Waals surface area contributed by atoms with Crippen LogP contribution in [0.5, 0.6) is 0 Å². The van der Waals surface area contributed by atoms with Gasteiger partial charge in [-0.1, -0.05) is 48.5 Å². The van der Waals surface area contributed by atoms with Gasteiger partial charge in [0.1, 0.15) is 5.78 Å². The number of carbonyl (C=O) groups is 2. The first-order valence-electron chi connectivity index (χ1n) is 9.71. The molecule has 0 unspecified atom stereocenters. The van der Waals surface area contributed by atoms with E-state index in [0.29, 0.717) is 37.9 Å². The van der Waals surface area contributed by atoms with Crippen molar-refractivity contribution in [2.75, 3.05) is 26.3 Å². The fraction of sp³-hybridized carbons (Fsp3) is 0.905. The molecule has 0 spiro atoms. The molecule has 0 aromatic carbocycles. The quantitative estimate of drug-likeness (QED) is 0.635. The highest BCUT2D eigenvalue weighted by Gasteiger charge is 2.40. The lowest BCUT2D eigenvalue weighted by Gasteiger charge is -2.47. The predicted molar refractivity (Wildman–Crippen MR) is 103 cm³/mol. The molecule has 1 aliphatic rings. The number of ketones is 1. The molecule has 1 heterocycles. The largest absolute Gasteiger partial charge is 0.380 e. The van der Waals surface area contributed by atoms with E-state index >= 15 is 0 Å². The van der Waals surface area contributed by atoms with Crippen LogP contribution in [0.2, 0.25) is 0 Å². The van der Waals surface area contributed by atoms with Gasteiger partial charge in [0.25, 0.3) is 0 Å². The standard InChI is InChI=1S/C21H39NO3/c1-19(2,3)16-17(23)8-14-25-15-9-18(24)22-12-10-21(7,11-13-22)20(4,5)6/h8-16H2,1-7H3. The number of likely N-dealkylation sites (tertiary alicyclic amines) is 1. The molecular formula is C21H39NO3. The molecular weight excluding hydrogens is 314 g/mol. The zero-order chi connectivity index (χ0) is 19.3. The van der Waals surface area contributed by atoms with Crippen LogP contribution < -0.4 is 0 Å². The Morgan fingerprint density at radius 2 is 1.48 bits per heavy atom. The fourth-order valence-corrected chi connectivity index (χ4v) is 3.29. The molecule has 1 aliphatic heterocycles. The molecule has 1 fully saturated rings. The molecule has 0 saturated carbocycles. The number of hydrogen-bond acceptors (Lipinski definition) is 3. The Bertz CT molecular complexity index is 449. The topological polar surface area (TPSA) is 46.6 Å². The van der Waals surface area contributed by atoms with Gasteiger partial charge in [-0.3, -0.25) is 9.59 Å². The van der Waals surface area contributed by atoms with Crippen LogP contribution in [0.15, 0.2) is 0 Å². The van der Waals surface area contributed by atoms with Gasteiger partial charge in [-0.15, -0.1) is 0 Å². The average molecular weight is 354 g/mol. The minimum Gasteiger partial charge on any atom is -0.380 e. The van der Waals surface area contributed by atoms with Crippen LogP contribution in [0.25, 0.3) is 0 Å². The van der Waals surface area contributed by atoms with Crippen LogP contribution in [0.4, 0.5) is 0 Å². The molecule has 1 amide bonds. The molecule has 0 radical (unpaired) electrons. The molecule has 25 heavy (non-hydrogen) atoms. The Kier molecular flexibility index (Phi) is 7.67. The molecule has 4 heteroatoms. The van der Waals surface area contributed by atoms with Crippen molar-refractivity contribution in [1.29, 1.82) is 0 Å². The van der Waals surface area contributed by atoms with Crippen molar-refractivity contribution >= 4 is 11.7 Å². The van der Waals surface area contributed by atoms with Crippen molar-refractivity contribution in [3.63, 3.8) is 0 Å². The summed E-state index contributed by atoms with van der Waals surface area (Å²) in [6.45, 7) is 17.9. The second kappa shape index (κ2) is 8.66. The number of nitrogens with zero attached hydrogens (tertiary/aromatic N) is 1. The first-order chi connectivity index (χ1) is 11.3. The van der Waals surface area contributed by atoms with E-state index in [2.05, 4.69) is 48.5 Å². The van der Waals surface area contributed by atoms with Gasteiger partial charge in [0, 0.05) is 25.9 Å². The number of carbonyl (C=O) groups excluding carboxylic acids is 2. The van der Waals surface area contributed by atoms with Gasteiger partial charge in [-0.25, -0.2) is 0 Å². The SMILES string of the molecule is CC(C)(C)CC(=O)CCOCCC(=O)N1CCC(C)(C(C)(C)C)CC1. The lowest BCUT2D eigenvalue weighted by molar-refractivity contribution is -0.135. The lowest BCUT2D eigenvalue weighted by Crippen LogP contribution is -2.47. The van der Waals surface area contributed by atoms with Crippen molar-refractivity contribution in [2.45, 2.75) is 80.6 Å². The molecule has 0 atom stereocenters. The van der Waals surface area contributed by atoms with Crippen LogP contribution in [-0.2, 0) is 14.3 Å². The van der Waals surface area contributed by atoms with Crippen LogP contribution in [0.1, 0.15) is 80.6 Å². The van der Waals surface area contributed by atoms with Crippen LogP contribution in [0.3, 0.4) is 0 Å². The molecule has 0 N–H and O–H groups in total. The van der Waals surface area contributed by atoms with Crippen LogP contribution in [0, 0.1) is 16.2 Å². The van der Waals surface area contributed by atoms with E-state index < -0.39 is 0 Å². The molecule has 1 rings (SSSR count). The first kappa shape index (κ1) is 22.1. The van der Waals surface area contributed by atoms with Crippen molar-refractivity contribution < 1.29 is 14.3 Å². The monoisotopic (exact) mass is 353 g/mol. The summed E-state index contributed by atoms with van der Waals surface area (Å²) in [5, 5.41) is 0. The van der Waals surface area contributed by atoms with Crippen molar-refractivity contribution in [3.05, 3.63) is 0 Å². The maximum atomic E-state index is 12.3. The van der Waals surface area contributed by atoms with Gasteiger partial charge in [0.15, 0.2) is 0 Å². The van der Waals surface area contributed by atoms with E-state index in [-0.39, 0.29) is 22.5 Å². The number of Topliss-reactive ketones (excluding diaryl/α,β-unsaturated/α-hetero) is 1. The summed E-state index contributed by atoms with van der Waals surface area (Å²) in [6, 6.07) is 0. The molecule has 146 valence electrons. The highest BCUT2D eigenvalue weighted by atomic mass is 16.5. The third-order valence-electron chi connectivity index (χ3n) is 5.74. The number of rotatable bonds is 7. The normalized spacial score (nSPS) is 18.3. The average Bonchev–Trinajstić information content (AvgIpc) is 2.44.